The molecule has 0 rings (SSSR count). The number of carbonyl (C=O) groups is 1. The summed E-state index contributed by atoms with van der Waals surface area (Å²) in [4.78, 5) is 9.97. The second kappa shape index (κ2) is 4.93. The summed E-state index contributed by atoms with van der Waals surface area (Å²) in [6, 6.07) is 0. The molecule has 0 aromatic heterocycles. The van der Waals surface area contributed by atoms with Gasteiger partial charge >= 0.3 is 6.09 Å². The van der Waals surface area contributed by atoms with Crippen LogP contribution in [0, 0.1) is 0 Å². The molecule has 0 heterocycles. The standard InChI is InChI=1S/C4H7Cl2NO2S/c5-1-2(6)3(10)7-4(8)9/h2-3,7,10H,1H2,(H,8,9). The van der Waals surface area contributed by atoms with E-state index in [1.165, 1.54) is 0 Å². The van der Waals surface area contributed by atoms with E-state index >= 15 is 0 Å². The summed E-state index contributed by atoms with van der Waals surface area (Å²) in [7, 11) is 0. The Kier molecular flexibility index (Phi) is 5.03. The molecule has 0 aliphatic rings. The minimum absolute atomic E-state index is 0.163. The Balaban J connectivity index is 3.61. The van der Waals surface area contributed by atoms with Crippen molar-refractivity contribution in [3.05, 3.63) is 0 Å². The molecule has 0 aromatic rings. The third kappa shape index (κ3) is 4.09. The monoisotopic (exact) mass is 203 g/mol. The van der Waals surface area contributed by atoms with E-state index in [1.54, 1.807) is 0 Å². The molecular weight excluding hydrogens is 197 g/mol. The Hall–Kier alpha value is 0.200. The second-order valence-electron chi connectivity index (χ2n) is 1.56. The Bertz CT molecular complexity index is 124. The molecule has 0 saturated carbocycles. The average molecular weight is 204 g/mol. The van der Waals surface area contributed by atoms with Crippen molar-refractivity contribution in [3.63, 3.8) is 0 Å². The summed E-state index contributed by atoms with van der Waals surface area (Å²) in [5, 5.41) is 9.13. The molecule has 2 N–H and O–H groups in total. The van der Waals surface area contributed by atoms with Gasteiger partial charge in [-0.1, -0.05) is 0 Å². The highest BCUT2D eigenvalue weighted by atomic mass is 35.5. The molecule has 10 heavy (non-hydrogen) atoms. The lowest BCUT2D eigenvalue weighted by molar-refractivity contribution is 0.193. The Morgan fingerprint density at radius 2 is 2.30 bits per heavy atom. The smallest absolute Gasteiger partial charge is 0.405 e. The van der Waals surface area contributed by atoms with Gasteiger partial charge in [0.15, 0.2) is 0 Å². The van der Waals surface area contributed by atoms with Gasteiger partial charge in [-0.3, -0.25) is 0 Å². The van der Waals surface area contributed by atoms with Crippen molar-refractivity contribution in [1.82, 2.24) is 5.32 Å². The van der Waals surface area contributed by atoms with Crippen LogP contribution in [0.2, 0.25) is 0 Å². The van der Waals surface area contributed by atoms with Gasteiger partial charge in [0.1, 0.15) is 0 Å². The maximum Gasteiger partial charge on any atom is 0.405 e. The lowest BCUT2D eigenvalue weighted by atomic mass is 10.4. The quantitative estimate of drug-likeness (QED) is 0.369. The van der Waals surface area contributed by atoms with Crippen LogP contribution < -0.4 is 5.32 Å². The minimum atomic E-state index is -1.16. The molecule has 0 spiro atoms. The molecule has 0 aliphatic carbocycles. The first kappa shape index (κ1) is 10.2. The van der Waals surface area contributed by atoms with Crippen molar-refractivity contribution < 1.29 is 9.90 Å². The van der Waals surface area contributed by atoms with Gasteiger partial charge in [0.05, 0.1) is 10.8 Å². The fourth-order valence-corrected chi connectivity index (χ4v) is 0.883. The molecule has 0 bridgehead atoms. The number of nitrogens with one attached hydrogen (secondary N) is 1. The van der Waals surface area contributed by atoms with Crippen LogP contribution in [0.15, 0.2) is 0 Å². The summed E-state index contributed by atoms with van der Waals surface area (Å²) in [6.45, 7) is 0. The maximum absolute atomic E-state index is 9.97. The number of hydrogen-bond acceptors (Lipinski definition) is 2. The zero-order valence-corrected chi connectivity index (χ0v) is 7.33. The number of halogens is 2. The third-order valence-corrected chi connectivity index (χ3v) is 2.32. The van der Waals surface area contributed by atoms with E-state index in [9.17, 15) is 4.79 Å². The van der Waals surface area contributed by atoms with E-state index in [1.807, 2.05) is 0 Å². The van der Waals surface area contributed by atoms with Gasteiger partial charge < -0.3 is 10.4 Å². The molecule has 60 valence electrons. The van der Waals surface area contributed by atoms with Crippen molar-refractivity contribution in [3.8, 4) is 0 Å². The highest BCUT2D eigenvalue weighted by Crippen LogP contribution is 2.07. The Morgan fingerprint density at radius 1 is 1.80 bits per heavy atom. The van der Waals surface area contributed by atoms with Crippen LogP contribution in [0.4, 0.5) is 4.79 Å². The van der Waals surface area contributed by atoms with E-state index < -0.39 is 16.8 Å². The molecule has 3 nitrogen and oxygen atoms in total. The number of hydrogen-bond donors (Lipinski definition) is 3. The number of carboxylic acid groups (broad SMARTS) is 1. The van der Waals surface area contributed by atoms with Crippen molar-refractivity contribution >= 4 is 41.9 Å². The van der Waals surface area contributed by atoms with Crippen molar-refractivity contribution in [2.45, 2.75) is 10.8 Å². The number of thiol groups is 1. The average Bonchev–Trinajstić information content (AvgIpc) is 1.85. The number of rotatable bonds is 3. The molecule has 6 heteroatoms. The lowest BCUT2D eigenvalue weighted by Gasteiger charge is -2.13. The first-order valence-corrected chi connectivity index (χ1v) is 3.94. The van der Waals surface area contributed by atoms with Gasteiger partial charge in [-0.15, -0.1) is 23.2 Å². The molecular formula is C4H7Cl2NO2S. The fourth-order valence-electron chi connectivity index (χ4n) is 0.301. The lowest BCUT2D eigenvalue weighted by Crippen LogP contribution is -2.36. The van der Waals surface area contributed by atoms with Crippen LogP contribution in [0.5, 0.6) is 0 Å². The molecule has 2 unspecified atom stereocenters. The molecule has 0 radical (unpaired) electrons. The van der Waals surface area contributed by atoms with E-state index in [-0.39, 0.29) is 5.88 Å². The molecule has 0 aliphatic heterocycles. The first-order valence-electron chi connectivity index (χ1n) is 2.45. The van der Waals surface area contributed by atoms with Gasteiger partial charge in [-0.05, 0) is 0 Å². The van der Waals surface area contributed by atoms with E-state index in [0.29, 0.717) is 0 Å². The zero-order valence-electron chi connectivity index (χ0n) is 4.92. The number of amides is 1. The SMILES string of the molecule is O=C(O)NC(S)C(Cl)CCl. The molecule has 0 saturated heterocycles. The zero-order chi connectivity index (χ0) is 8.15. The van der Waals surface area contributed by atoms with Crippen LogP contribution in [-0.4, -0.2) is 27.8 Å². The first-order chi connectivity index (χ1) is 4.57. The molecule has 1 amide bonds. The van der Waals surface area contributed by atoms with Crippen LogP contribution in [0.3, 0.4) is 0 Å². The van der Waals surface area contributed by atoms with Crippen LogP contribution >= 0.6 is 35.8 Å². The fraction of sp³-hybridized carbons (Fsp3) is 0.750. The second-order valence-corrected chi connectivity index (χ2v) is 2.99. The van der Waals surface area contributed by atoms with E-state index in [4.69, 9.17) is 28.3 Å². The highest BCUT2D eigenvalue weighted by Gasteiger charge is 2.15. The van der Waals surface area contributed by atoms with Crippen molar-refractivity contribution in [2.75, 3.05) is 5.88 Å². The Labute approximate surface area is 74.1 Å². The summed E-state index contributed by atoms with van der Waals surface area (Å²) in [6.07, 6.45) is -1.16. The maximum atomic E-state index is 9.97. The van der Waals surface area contributed by atoms with Crippen molar-refractivity contribution in [1.29, 1.82) is 0 Å². The summed E-state index contributed by atoms with van der Waals surface area (Å²) in [5.41, 5.74) is 0. The molecule has 0 aromatic carbocycles. The van der Waals surface area contributed by atoms with Crippen LogP contribution in [0.1, 0.15) is 0 Å². The predicted molar refractivity (Wildman–Crippen MR) is 44.3 cm³/mol. The van der Waals surface area contributed by atoms with Gasteiger partial charge in [0, 0.05) is 5.88 Å². The Morgan fingerprint density at radius 3 is 2.60 bits per heavy atom. The number of alkyl halides is 2. The predicted octanol–water partition coefficient (Wildman–Crippen LogP) is 1.36. The van der Waals surface area contributed by atoms with E-state index in [0.717, 1.165) is 0 Å². The minimum Gasteiger partial charge on any atom is -0.465 e. The van der Waals surface area contributed by atoms with Crippen molar-refractivity contribution in [2.24, 2.45) is 0 Å². The highest BCUT2D eigenvalue weighted by molar-refractivity contribution is 7.81. The third-order valence-electron chi connectivity index (χ3n) is 0.761. The largest absolute Gasteiger partial charge is 0.465 e. The topological polar surface area (TPSA) is 49.3 Å². The van der Waals surface area contributed by atoms with Gasteiger partial charge in [-0.25, -0.2) is 4.79 Å². The molecule has 0 fully saturated rings. The molecule has 2 atom stereocenters. The van der Waals surface area contributed by atoms with E-state index in [2.05, 4.69) is 17.9 Å². The summed E-state index contributed by atoms with van der Waals surface area (Å²) < 4.78 is 0. The van der Waals surface area contributed by atoms with Crippen LogP contribution in [0.25, 0.3) is 0 Å². The van der Waals surface area contributed by atoms with Gasteiger partial charge in [0.2, 0.25) is 0 Å². The normalized spacial score (nSPS) is 15.9. The van der Waals surface area contributed by atoms with Crippen LogP contribution in [-0.2, 0) is 0 Å². The summed E-state index contributed by atoms with van der Waals surface area (Å²) in [5.74, 6) is 0.163. The summed E-state index contributed by atoms with van der Waals surface area (Å²) >= 11 is 14.7. The van der Waals surface area contributed by atoms with Gasteiger partial charge in [0.25, 0.3) is 0 Å². The van der Waals surface area contributed by atoms with Gasteiger partial charge in [-0.2, -0.15) is 12.6 Å².